The Morgan fingerprint density at radius 2 is 1.92 bits per heavy atom. The molecule has 0 bridgehead atoms. The van der Waals surface area contributed by atoms with Crippen molar-refractivity contribution >= 4 is 28.6 Å². The minimum absolute atomic E-state index is 0.152. The number of aryl methyl sites for hydroxylation is 1. The highest BCUT2D eigenvalue weighted by Gasteiger charge is 2.08. The molecule has 0 aromatic heterocycles. The van der Waals surface area contributed by atoms with E-state index in [9.17, 15) is 4.79 Å². The summed E-state index contributed by atoms with van der Waals surface area (Å²) >= 11 is 2.15. The molecule has 0 heterocycles. The van der Waals surface area contributed by atoms with Gasteiger partial charge in [-0.1, -0.05) is 48.6 Å². The molecule has 0 unspecified atom stereocenters. The van der Waals surface area contributed by atoms with Gasteiger partial charge in [0.2, 0.25) is 0 Å². The third-order valence-electron chi connectivity index (χ3n) is 3.28. The number of methoxy groups -OCH3 is 1. The Kier molecular flexibility index (Phi) is 19.2. The normalized spacial score (nSPS) is 10.9. The molecule has 1 rings (SSSR count). The Hall–Kier alpha value is -0.700. The zero-order valence-electron chi connectivity index (χ0n) is 16.4. The second-order valence-electron chi connectivity index (χ2n) is 5.36. The summed E-state index contributed by atoms with van der Waals surface area (Å²) in [6.07, 6.45) is 1.93. The topological polar surface area (TPSA) is 81.6 Å². The molecular weight excluding hydrogens is 429 g/mol. The van der Waals surface area contributed by atoms with Gasteiger partial charge in [0.25, 0.3) is 0 Å². The molecule has 0 aliphatic heterocycles. The van der Waals surface area contributed by atoms with Gasteiger partial charge in [-0.05, 0) is 48.9 Å². The Labute approximate surface area is 167 Å². The molecule has 0 saturated heterocycles. The van der Waals surface area contributed by atoms with Crippen LogP contribution in [0.2, 0.25) is 0 Å². The maximum absolute atomic E-state index is 11.5. The van der Waals surface area contributed by atoms with Gasteiger partial charge in [0.05, 0.1) is 12.7 Å². The fraction of sp³-hybridized carbons (Fsp3) is 0.632. The van der Waals surface area contributed by atoms with Gasteiger partial charge in [-0.2, -0.15) is 0 Å². The zero-order valence-corrected chi connectivity index (χ0v) is 18.6. The fourth-order valence-corrected chi connectivity index (χ4v) is 2.36. The van der Waals surface area contributed by atoms with Crippen LogP contribution in [-0.2, 0) is 11.2 Å². The van der Waals surface area contributed by atoms with Crippen molar-refractivity contribution in [2.45, 2.75) is 39.7 Å². The molecule has 25 heavy (non-hydrogen) atoms. The molecule has 0 spiro atoms. The number of benzene rings is 1. The molecule has 5 nitrogen and oxygen atoms in total. The van der Waals surface area contributed by atoms with E-state index in [1.165, 1.54) is 7.11 Å². The van der Waals surface area contributed by atoms with Crippen molar-refractivity contribution in [2.75, 3.05) is 38.2 Å². The number of esters is 1. The Morgan fingerprint density at radius 1 is 1.28 bits per heavy atom. The van der Waals surface area contributed by atoms with Gasteiger partial charge in [0.15, 0.2) is 0 Å². The van der Waals surface area contributed by atoms with E-state index in [1.807, 2.05) is 43.9 Å². The second-order valence-corrected chi connectivity index (χ2v) is 5.36. The molecule has 146 valence electrons. The summed E-state index contributed by atoms with van der Waals surface area (Å²) < 4.78 is 4.73. The van der Waals surface area contributed by atoms with Crippen LogP contribution < -0.4 is 11.5 Å². The lowest BCUT2D eigenvalue weighted by atomic mass is 10.1. The van der Waals surface area contributed by atoms with Crippen LogP contribution in [0.4, 0.5) is 0 Å². The maximum atomic E-state index is 11.5. The van der Waals surface area contributed by atoms with Crippen LogP contribution in [0.5, 0.6) is 0 Å². The van der Waals surface area contributed by atoms with Gasteiger partial charge in [-0.3, -0.25) is 0 Å². The van der Waals surface area contributed by atoms with Crippen LogP contribution in [-0.4, -0.2) is 55.1 Å². The van der Waals surface area contributed by atoms with E-state index < -0.39 is 0 Å². The van der Waals surface area contributed by atoms with E-state index in [1.54, 1.807) is 6.07 Å². The minimum Gasteiger partial charge on any atom is -0.465 e. The molecule has 0 saturated carbocycles. The van der Waals surface area contributed by atoms with Crippen LogP contribution in [0.1, 0.15) is 43.1 Å². The van der Waals surface area contributed by atoms with Gasteiger partial charge < -0.3 is 21.1 Å². The first-order valence-corrected chi connectivity index (χ1v) is 11.0. The second kappa shape index (κ2) is 18.1. The number of alkyl halides is 1. The molecule has 0 amide bonds. The average molecular weight is 465 g/mol. The van der Waals surface area contributed by atoms with E-state index >= 15 is 0 Å². The average Bonchev–Trinajstić information content (AvgIpc) is 2.64. The summed E-state index contributed by atoms with van der Waals surface area (Å²) in [6.45, 7) is 9.33. The lowest BCUT2D eigenvalue weighted by Gasteiger charge is -2.23. The Bertz CT molecular complexity index is 442. The van der Waals surface area contributed by atoms with E-state index in [2.05, 4.69) is 27.5 Å². The van der Waals surface area contributed by atoms with Gasteiger partial charge in [0.1, 0.15) is 0 Å². The van der Waals surface area contributed by atoms with E-state index in [0.29, 0.717) is 12.1 Å². The number of halogens is 1. The number of hydrogen-bond acceptors (Lipinski definition) is 5. The smallest absolute Gasteiger partial charge is 0.337 e. The van der Waals surface area contributed by atoms with Gasteiger partial charge >= 0.3 is 5.97 Å². The molecule has 0 aliphatic rings. The van der Waals surface area contributed by atoms with Gasteiger partial charge in [-0.15, -0.1) is 0 Å². The molecule has 0 aliphatic carbocycles. The highest BCUT2D eigenvalue weighted by Crippen LogP contribution is 2.09. The molecule has 1 aromatic rings. The Morgan fingerprint density at radius 3 is 2.44 bits per heavy atom. The number of carbonyl (C=O) groups is 1. The third-order valence-corrected chi connectivity index (χ3v) is 3.28. The number of nitrogens with zero attached hydrogens (tertiary/aromatic N) is 1. The monoisotopic (exact) mass is 465 g/mol. The summed E-state index contributed by atoms with van der Waals surface area (Å²) in [5.41, 5.74) is 13.2. The first-order chi connectivity index (χ1) is 12.1. The standard InChI is InChI=1S/C16H27N3O2.C2H6.CH3I/c1-13(18)12-19(10-8-17)9-4-6-14-5-3-7-15(11-14)16(20)21-2;2*1-2/h3,5,7,11,13H,4,6,8-10,12,17-18H2,1-2H3;1-2H3;1H3/t13-;;/m0../s1. The predicted octanol–water partition coefficient (Wildman–Crippen LogP) is 3.09. The van der Waals surface area contributed by atoms with Crippen LogP contribution in [0.15, 0.2) is 24.3 Å². The summed E-state index contributed by atoms with van der Waals surface area (Å²) in [5, 5.41) is 0. The molecule has 4 N–H and O–H groups in total. The van der Waals surface area contributed by atoms with Gasteiger partial charge in [-0.25, -0.2) is 4.79 Å². The van der Waals surface area contributed by atoms with Crippen molar-refractivity contribution in [3.8, 4) is 0 Å². The SMILES string of the molecule is CC.CI.COC(=O)c1cccc(CCCN(CCN)C[C@H](C)N)c1. The lowest BCUT2D eigenvalue weighted by Crippen LogP contribution is -2.39. The summed E-state index contributed by atoms with van der Waals surface area (Å²) in [7, 11) is 1.40. The van der Waals surface area contributed by atoms with Crippen molar-refractivity contribution in [3.63, 3.8) is 0 Å². The van der Waals surface area contributed by atoms with Crippen molar-refractivity contribution in [3.05, 3.63) is 35.4 Å². The number of nitrogens with two attached hydrogens (primary N) is 2. The number of carbonyl (C=O) groups excluding carboxylic acids is 1. The van der Waals surface area contributed by atoms with E-state index in [4.69, 9.17) is 16.2 Å². The van der Waals surface area contributed by atoms with Crippen LogP contribution in [0.3, 0.4) is 0 Å². The third kappa shape index (κ3) is 13.2. The van der Waals surface area contributed by atoms with E-state index in [-0.39, 0.29) is 12.0 Å². The first-order valence-electron chi connectivity index (χ1n) is 8.80. The summed E-state index contributed by atoms with van der Waals surface area (Å²) in [4.78, 5) is 15.8. The van der Waals surface area contributed by atoms with Crippen molar-refractivity contribution in [1.29, 1.82) is 0 Å². The highest BCUT2D eigenvalue weighted by atomic mass is 127. The molecular formula is C19H36IN3O2. The van der Waals surface area contributed by atoms with Crippen LogP contribution >= 0.6 is 22.6 Å². The summed E-state index contributed by atoms with van der Waals surface area (Å²) in [6, 6.07) is 7.74. The molecule has 1 atom stereocenters. The zero-order chi connectivity index (χ0) is 19.7. The molecule has 6 heteroatoms. The largest absolute Gasteiger partial charge is 0.465 e. The number of rotatable bonds is 9. The molecule has 0 radical (unpaired) electrons. The molecule has 1 aromatic carbocycles. The first kappa shape index (κ1) is 26.5. The van der Waals surface area contributed by atoms with Crippen LogP contribution in [0, 0.1) is 0 Å². The van der Waals surface area contributed by atoms with Crippen LogP contribution in [0.25, 0.3) is 0 Å². The predicted molar refractivity (Wildman–Crippen MR) is 117 cm³/mol. The van der Waals surface area contributed by atoms with Gasteiger partial charge in [0, 0.05) is 25.7 Å². The maximum Gasteiger partial charge on any atom is 0.337 e. The van der Waals surface area contributed by atoms with Crippen molar-refractivity contribution in [2.24, 2.45) is 11.5 Å². The fourth-order valence-electron chi connectivity index (χ4n) is 2.36. The summed E-state index contributed by atoms with van der Waals surface area (Å²) in [5.74, 6) is -0.293. The highest BCUT2D eigenvalue weighted by molar-refractivity contribution is 14.1. The van der Waals surface area contributed by atoms with Crippen molar-refractivity contribution < 1.29 is 9.53 Å². The molecule has 0 fully saturated rings. The van der Waals surface area contributed by atoms with E-state index in [0.717, 1.165) is 38.0 Å². The number of hydrogen-bond donors (Lipinski definition) is 2. The quantitative estimate of drug-likeness (QED) is 0.333. The lowest BCUT2D eigenvalue weighted by molar-refractivity contribution is 0.0600. The van der Waals surface area contributed by atoms with Crippen molar-refractivity contribution in [1.82, 2.24) is 4.90 Å². The Balaban J connectivity index is 0. The number of ether oxygens (including phenoxy) is 1. The minimum atomic E-state index is -0.293.